The van der Waals surface area contributed by atoms with Crippen LogP contribution in [0.4, 0.5) is 0 Å². The van der Waals surface area contributed by atoms with Crippen LogP contribution in [-0.2, 0) is 13.0 Å². The van der Waals surface area contributed by atoms with Gasteiger partial charge in [-0.1, -0.05) is 17.7 Å². The molecule has 0 aliphatic carbocycles. The number of hydrogen-bond acceptors (Lipinski definition) is 6. The van der Waals surface area contributed by atoms with Gasteiger partial charge in [-0.15, -0.1) is 0 Å². The minimum atomic E-state index is -0.670. The number of hydrogen-bond donors (Lipinski definition) is 2. The van der Waals surface area contributed by atoms with E-state index in [1.54, 1.807) is 6.20 Å². The second-order valence-electron chi connectivity index (χ2n) is 5.68. The molecule has 2 aromatic rings. The monoisotopic (exact) mass is 347 g/mol. The second kappa shape index (κ2) is 7.65. The summed E-state index contributed by atoms with van der Waals surface area (Å²) in [6.07, 6.45) is 3.26. The maximum absolute atomic E-state index is 12.0. The van der Waals surface area contributed by atoms with Crippen LogP contribution in [-0.4, -0.2) is 56.6 Å². The van der Waals surface area contributed by atoms with Crippen LogP contribution in [0.1, 0.15) is 21.7 Å². The lowest BCUT2D eigenvalue weighted by atomic mass is 10.1. The van der Waals surface area contributed by atoms with Crippen LogP contribution < -0.4 is 5.32 Å². The summed E-state index contributed by atoms with van der Waals surface area (Å²) in [4.78, 5) is 26.1. The van der Waals surface area contributed by atoms with Crippen LogP contribution in [0, 0.1) is 0 Å². The van der Waals surface area contributed by atoms with Crippen molar-refractivity contribution in [2.45, 2.75) is 19.1 Å². The zero-order valence-corrected chi connectivity index (χ0v) is 13.8. The molecule has 1 atom stereocenters. The third kappa shape index (κ3) is 4.25. The number of halogens is 1. The summed E-state index contributed by atoms with van der Waals surface area (Å²) < 4.78 is 0. The van der Waals surface area contributed by atoms with Crippen molar-refractivity contribution in [3.63, 3.8) is 0 Å². The third-order valence-corrected chi connectivity index (χ3v) is 4.10. The highest BCUT2D eigenvalue weighted by atomic mass is 35.5. The molecule has 2 aromatic heterocycles. The van der Waals surface area contributed by atoms with E-state index < -0.39 is 6.10 Å². The molecule has 0 saturated heterocycles. The summed E-state index contributed by atoms with van der Waals surface area (Å²) in [5.41, 5.74) is 2.49. The Kier molecular flexibility index (Phi) is 5.34. The summed E-state index contributed by atoms with van der Waals surface area (Å²) in [5.74, 6) is -0.385. The van der Waals surface area contributed by atoms with Crippen LogP contribution in [0.15, 0.2) is 30.7 Å². The zero-order valence-electron chi connectivity index (χ0n) is 13.0. The van der Waals surface area contributed by atoms with Crippen molar-refractivity contribution >= 4 is 17.5 Å². The first-order valence-corrected chi connectivity index (χ1v) is 8.08. The molecule has 126 valence electrons. The van der Waals surface area contributed by atoms with Gasteiger partial charge in [0.1, 0.15) is 17.2 Å². The maximum atomic E-state index is 12.0. The van der Waals surface area contributed by atoms with Crippen molar-refractivity contribution in [3.05, 3.63) is 52.8 Å². The number of carbonyl (C=O) groups excluding carboxylic acids is 1. The van der Waals surface area contributed by atoms with Crippen molar-refractivity contribution in [3.8, 4) is 0 Å². The van der Waals surface area contributed by atoms with Gasteiger partial charge < -0.3 is 10.4 Å². The number of amides is 1. The maximum Gasteiger partial charge on any atom is 0.270 e. The number of carbonyl (C=O) groups is 1. The Morgan fingerprint density at radius 3 is 3.12 bits per heavy atom. The lowest BCUT2D eigenvalue weighted by Crippen LogP contribution is -2.42. The molecule has 0 fully saturated rings. The van der Waals surface area contributed by atoms with Gasteiger partial charge in [0.25, 0.3) is 5.91 Å². The predicted octanol–water partition coefficient (Wildman–Crippen LogP) is 0.674. The second-order valence-corrected chi connectivity index (χ2v) is 6.07. The van der Waals surface area contributed by atoms with Crippen molar-refractivity contribution in [1.82, 2.24) is 25.2 Å². The van der Waals surface area contributed by atoms with Gasteiger partial charge in [-0.25, -0.2) is 9.97 Å². The standard InChI is InChI=1S/C16H18ClN5O2/c17-15-6-13(20-10-21-15)16(24)19-7-12(23)8-22-5-3-11-2-1-4-18-14(11)9-22/h1-2,4,6,10,12,23H,3,5,7-9H2,(H,19,24). The Labute approximate surface area is 144 Å². The van der Waals surface area contributed by atoms with Crippen molar-refractivity contribution in [1.29, 1.82) is 0 Å². The molecule has 3 rings (SSSR count). The number of aliphatic hydroxyl groups is 1. The summed E-state index contributed by atoms with van der Waals surface area (Å²) in [7, 11) is 0. The van der Waals surface area contributed by atoms with E-state index in [1.165, 1.54) is 18.0 Å². The van der Waals surface area contributed by atoms with Crippen LogP contribution in [0.3, 0.4) is 0 Å². The lowest BCUT2D eigenvalue weighted by Gasteiger charge is -2.29. The van der Waals surface area contributed by atoms with Gasteiger partial charge in [0.05, 0.1) is 11.8 Å². The fourth-order valence-corrected chi connectivity index (χ4v) is 2.83. The molecule has 1 unspecified atom stereocenters. The molecule has 0 radical (unpaired) electrons. The van der Waals surface area contributed by atoms with Crippen molar-refractivity contribution in [2.75, 3.05) is 19.6 Å². The molecule has 8 heteroatoms. The van der Waals surface area contributed by atoms with Gasteiger partial charge in [-0.2, -0.15) is 0 Å². The van der Waals surface area contributed by atoms with Gasteiger partial charge in [0.2, 0.25) is 0 Å². The van der Waals surface area contributed by atoms with Gasteiger partial charge in [-0.05, 0) is 18.1 Å². The fourth-order valence-electron chi connectivity index (χ4n) is 2.69. The summed E-state index contributed by atoms with van der Waals surface area (Å²) in [6, 6.07) is 5.41. The Balaban J connectivity index is 1.48. The summed E-state index contributed by atoms with van der Waals surface area (Å²) >= 11 is 5.73. The first-order valence-electron chi connectivity index (χ1n) is 7.71. The molecule has 1 aliphatic heterocycles. The molecule has 0 aromatic carbocycles. The van der Waals surface area contributed by atoms with E-state index in [-0.39, 0.29) is 23.3 Å². The molecule has 1 aliphatic rings. The van der Waals surface area contributed by atoms with Gasteiger partial charge in [0, 0.05) is 38.4 Å². The smallest absolute Gasteiger partial charge is 0.270 e. The minimum absolute atomic E-state index is 0.145. The Morgan fingerprint density at radius 2 is 2.29 bits per heavy atom. The number of fused-ring (bicyclic) bond motifs is 1. The summed E-state index contributed by atoms with van der Waals surface area (Å²) in [5, 5.41) is 13.0. The number of aliphatic hydroxyl groups excluding tert-OH is 1. The molecule has 3 heterocycles. The first kappa shape index (κ1) is 16.8. The number of nitrogens with one attached hydrogen (secondary N) is 1. The van der Waals surface area contributed by atoms with E-state index in [0.29, 0.717) is 13.1 Å². The molecule has 0 bridgehead atoms. The third-order valence-electron chi connectivity index (χ3n) is 3.89. The van der Waals surface area contributed by atoms with Gasteiger partial charge >= 0.3 is 0 Å². The van der Waals surface area contributed by atoms with Crippen LogP contribution >= 0.6 is 11.6 Å². The van der Waals surface area contributed by atoms with E-state index in [4.69, 9.17) is 11.6 Å². The highest BCUT2D eigenvalue weighted by Gasteiger charge is 2.20. The van der Waals surface area contributed by atoms with Gasteiger partial charge in [-0.3, -0.25) is 14.7 Å². The first-order chi connectivity index (χ1) is 11.6. The topological polar surface area (TPSA) is 91.2 Å². The molecule has 0 saturated carbocycles. The number of aromatic nitrogens is 3. The van der Waals surface area contributed by atoms with Crippen molar-refractivity contribution in [2.24, 2.45) is 0 Å². The summed E-state index contributed by atoms with van der Waals surface area (Å²) in [6.45, 7) is 2.20. The minimum Gasteiger partial charge on any atom is -0.390 e. The van der Waals surface area contributed by atoms with Crippen LogP contribution in [0.2, 0.25) is 5.15 Å². The normalized spacial score (nSPS) is 15.6. The van der Waals surface area contributed by atoms with E-state index in [1.807, 2.05) is 6.07 Å². The van der Waals surface area contributed by atoms with E-state index >= 15 is 0 Å². The lowest BCUT2D eigenvalue weighted by molar-refractivity contribution is 0.0835. The number of pyridine rings is 1. The molecule has 1 amide bonds. The Morgan fingerprint density at radius 1 is 1.42 bits per heavy atom. The average molecular weight is 348 g/mol. The fraction of sp³-hybridized carbons (Fsp3) is 0.375. The largest absolute Gasteiger partial charge is 0.390 e. The highest BCUT2D eigenvalue weighted by molar-refractivity contribution is 6.29. The van der Waals surface area contributed by atoms with Gasteiger partial charge in [0.15, 0.2) is 0 Å². The molecular formula is C16H18ClN5O2. The highest BCUT2D eigenvalue weighted by Crippen LogP contribution is 2.16. The number of β-amino-alcohol motifs (C(OH)–C–C–N with tert-alkyl or cyclic N) is 1. The molecular weight excluding hydrogens is 330 g/mol. The number of rotatable bonds is 5. The predicted molar refractivity (Wildman–Crippen MR) is 88.6 cm³/mol. The molecule has 24 heavy (non-hydrogen) atoms. The zero-order chi connectivity index (χ0) is 16.9. The molecule has 2 N–H and O–H groups in total. The Hall–Kier alpha value is -2.09. The molecule has 0 spiro atoms. The quantitative estimate of drug-likeness (QED) is 0.773. The Bertz CT molecular complexity index is 727. The van der Waals surface area contributed by atoms with E-state index in [0.717, 1.165) is 18.7 Å². The van der Waals surface area contributed by atoms with Crippen LogP contribution in [0.5, 0.6) is 0 Å². The SMILES string of the molecule is O=C(NCC(O)CN1CCc2cccnc2C1)c1cc(Cl)ncn1. The number of nitrogens with zero attached hydrogens (tertiary/aromatic N) is 4. The van der Waals surface area contributed by atoms with Crippen molar-refractivity contribution < 1.29 is 9.90 Å². The average Bonchev–Trinajstić information content (AvgIpc) is 2.59. The van der Waals surface area contributed by atoms with Crippen LogP contribution in [0.25, 0.3) is 0 Å². The van der Waals surface area contributed by atoms with E-state index in [2.05, 4.69) is 31.2 Å². The molecule has 7 nitrogen and oxygen atoms in total. The van der Waals surface area contributed by atoms with E-state index in [9.17, 15) is 9.90 Å².